The SMILES string of the molecule is COC(=O)c1cn(Cc2c(F)cccc2Cl)nc1S(=O)(=O)N1CCC[C@@H](C)C1. The molecule has 1 fully saturated rings. The van der Waals surface area contributed by atoms with Crippen LogP contribution in [-0.4, -0.2) is 48.7 Å². The topological polar surface area (TPSA) is 81.5 Å². The third-order valence-corrected chi connectivity index (χ3v) is 6.87. The minimum atomic E-state index is -4.00. The van der Waals surface area contributed by atoms with Crippen LogP contribution in [0.15, 0.2) is 29.4 Å². The molecular formula is C18H21ClFN3O4S. The molecule has 1 aliphatic rings. The molecule has 0 N–H and O–H groups in total. The molecule has 0 spiro atoms. The number of piperidine rings is 1. The Balaban J connectivity index is 2.02. The second-order valence-corrected chi connectivity index (χ2v) is 9.11. The van der Waals surface area contributed by atoms with Crippen molar-refractivity contribution in [2.75, 3.05) is 20.2 Å². The summed E-state index contributed by atoms with van der Waals surface area (Å²) in [5.74, 6) is -1.16. The molecule has 1 saturated heterocycles. The van der Waals surface area contributed by atoms with Gasteiger partial charge in [-0.05, 0) is 30.9 Å². The lowest BCUT2D eigenvalue weighted by Gasteiger charge is -2.29. The van der Waals surface area contributed by atoms with Crippen molar-refractivity contribution in [2.24, 2.45) is 5.92 Å². The van der Waals surface area contributed by atoms with Gasteiger partial charge in [-0.1, -0.05) is 24.6 Å². The number of halogens is 2. The van der Waals surface area contributed by atoms with E-state index >= 15 is 0 Å². The average Bonchev–Trinajstić information content (AvgIpc) is 3.09. The number of hydrogen-bond donors (Lipinski definition) is 0. The highest BCUT2D eigenvalue weighted by molar-refractivity contribution is 7.89. The van der Waals surface area contributed by atoms with Gasteiger partial charge in [-0.15, -0.1) is 0 Å². The van der Waals surface area contributed by atoms with Crippen LogP contribution in [0.25, 0.3) is 0 Å². The molecule has 1 atom stereocenters. The molecule has 3 rings (SSSR count). The average molecular weight is 430 g/mol. The molecule has 1 aromatic carbocycles. The highest BCUT2D eigenvalue weighted by Crippen LogP contribution is 2.26. The monoisotopic (exact) mass is 429 g/mol. The van der Waals surface area contributed by atoms with Crippen LogP contribution in [0, 0.1) is 11.7 Å². The van der Waals surface area contributed by atoms with Crippen molar-refractivity contribution >= 4 is 27.6 Å². The van der Waals surface area contributed by atoms with E-state index in [1.165, 1.54) is 33.4 Å². The van der Waals surface area contributed by atoms with Crippen LogP contribution in [-0.2, 0) is 21.3 Å². The lowest BCUT2D eigenvalue weighted by Crippen LogP contribution is -2.39. The molecule has 28 heavy (non-hydrogen) atoms. The van der Waals surface area contributed by atoms with E-state index in [0.717, 1.165) is 20.0 Å². The summed E-state index contributed by atoms with van der Waals surface area (Å²) in [4.78, 5) is 12.2. The summed E-state index contributed by atoms with van der Waals surface area (Å²) in [5.41, 5.74) is -0.0354. The second-order valence-electron chi connectivity index (χ2n) is 6.85. The van der Waals surface area contributed by atoms with E-state index in [1.807, 2.05) is 6.92 Å². The van der Waals surface area contributed by atoms with Gasteiger partial charge in [0.05, 0.1) is 13.7 Å². The van der Waals surface area contributed by atoms with Crippen molar-refractivity contribution in [3.8, 4) is 0 Å². The highest BCUT2D eigenvalue weighted by Gasteiger charge is 2.35. The maximum Gasteiger partial charge on any atom is 0.342 e. The molecule has 2 heterocycles. The number of esters is 1. The third-order valence-electron chi connectivity index (χ3n) is 4.72. The number of nitrogens with zero attached hydrogens (tertiary/aromatic N) is 3. The zero-order chi connectivity index (χ0) is 20.5. The van der Waals surface area contributed by atoms with Crippen LogP contribution < -0.4 is 0 Å². The van der Waals surface area contributed by atoms with Gasteiger partial charge >= 0.3 is 5.97 Å². The van der Waals surface area contributed by atoms with Crippen LogP contribution in [0.4, 0.5) is 4.39 Å². The smallest absolute Gasteiger partial charge is 0.342 e. The molecule has 0 radical (unpaired) electrons. The molecule has 0 unspecified atom stereocenters. The summed E-state index contributed by atoms with van der Waals surface area (Å²) in [6, 6.07) is 4.24. The zero-order valence-corrected chi connectivity index (χ0v) is 17.1. The van der Waals surface area contributed by atoms with Crippen LogP contribution in [0.5, 0.6) is 0 Å². The van der Waals surface area contributed by atoms with Gasteiger partial charge in [0.1, 0.15) is 11.4 Å². The Labute approximate surface area is 168 Å². The van der Waals surface area contributed by atoms with Gasteiger partial charge in [0.25, 0.3) is 10.0 Å². The predicted molar refractivity (Wildman–Crippen MR) is 101 cm³/mol. The number of ether oxygens (including phenoxy) is 1. The summed E-state index contributed by atoms with van der Waals surface area (Å²) in [5, 5.41) is 3.89. The number of aromatic nitrogens is 2. The molecule has 0 aliphatic carbocycles. The number of methoxy groups -OCH3 is 1. The van der Waals surface area contributed by atoms with Crippen LogP contribution >= 0.6 is 11.6 Å². The van der Waals surface area contributed by atoms with E-state index in [0.29, 0.717) is 13.1 Å². The number of benzene rings is 1. The summed E-state index contributed by atoms with van der Waals surface area (Å²) >= 11 is 6.04. The van der Waals surface area contributed by atoms with E-state index in [2.05, 4.69) is 5.10 Å². The van der Waals surface area contributed by atoms with Gasteiger partial charge < -0.3 is 4.74 Å². The van der Waals surface area contributed by atoms with Gasteiger partial charge in [0, 0.05) is 29.9 Å². The van der Waals surface area contributed by atoms with Gasteiger partial charge in [-0.25, -0.2) is 17.6 Å². The summed E-state index contributed by atoms with van der Waals surface area (Å²) in [7, 11) is -2.84. The predicted octanol–water partition coefficient (Wildman–Crippen LogP) is 2.93. The van der Waals surface area contributed by atoms with Gasteiger partial charge in [-0.3, -0.25) is 4.68 Å². The molecule has 152 valence electrons. The number of rotatable bonds is 5. The fraction of sp³-hybridized carbons (Fsp3) is 0.444. The first-order chi connectivity index (χ1) is 13.2. The van der Waals surface area contributed by atoms with Crippen molar-refractivity contribution in [2.45, 2.75) is 31.3 Å². The Morgan fingerprint density at radius 2 is 2.18 bits per heavy atom. The Morgan fingerprint density at radius 3 is 2.82 bits per heavy atom. The summed E-state index contributed by atoms with van der Waals surface area (Å²) in [6.07, 6.45) is 2.92. The highest BCUT2D eigenvalue weighted by atomic mass is 35.5. The summed E-state index contributed by atoms with van der Waals surface area (Å²) in [6.45, 7) is 2.57. The van der Waals surface area contributed by atoms with Gasteiger partial charge in [0.2, 0.25) is 5.03 Å². The van der Waals surface area contributed by atoms with E-state index in [9.17, 15) is 17.6 Å². The quantitative estimate of drug-likeness (QED) is 0.682. The first-order valence-electron chi connectivity index (χ1n) is 8.83. The van der Waals surface area contributed by atoms with Crippen molar-refractivity contribution in [3.05, 3.63) is 46.4 Å². The minimum absolute atomic E-state index is 0.124. The maximum atomic E-state index is 14.1. The largest absolute Gasteiger partial charge is 0.465 e. The Kier molecular flexibility index (Phi) is 6.07. The number of carbonyl (C=O) groups excluding carboxylic acids is 1. The van der Waals surface area contributed by atoms with Crippen LogP contribution in [0.2, 0.25) is 5.02 Å². The maximum absolute atomic E-state index is 14.1. The van der Waals surface area contributed by atoms with Crippen LogP contribution in [0.1, 0.15) is 35.7 Å². The summed E-state index contributed by atoms with van der Waals surface area (Å²) < 4.78 is 47.6. The Bertz CT molecular complexity index is 972. The van der Waals surface area contributed by atoms with Crippen LogP contribution in [0.3, 0.4) is 0 Å². The molecule has 0 saturated carbocycles. The first kappa shape index (κ1) is 20.8. The zero-order valence-electron chi connectivity index (χ0n) is 15.6. The van der Waals surface area contributed by atoms with Crippen molar-refractivity contribution in [1.82, 2.24) is 14.1 Å². The van der Waals surface area contributed by atoms with E-state index in [1.54, 1.807) is 0 Å². The van der Waals surface area contributed by atoms with E-state index in [-0.39, 0.29) is 33.6 Å². The molecule has 10 heteroatoms. The fourth-order valence-corrected chi connectivity index (χ4v) is 5.17. The Morgan fingerprint density at radius 1 is 1.43 bits per heavy atom. The molecular weight excluding hydrogens is 409 g/mol. The normalized spacial score (nSPS) is 18.2. The lowest BCUT2D eigenvalue weighted by atomic mass is 10.0. The van der Waals surface area contributed by atoms with Gasteiger partial charge in [0.15, 0.2) is 0 Å². The number of hydrogen-bond acceptors (Lipinski definition) is 5. The molecule has 1 aromatic heterocycles. The number of carbonyl (C=O) groups is 1. The molecule has 2 aromatic rings. The van der Waals surface area contributed by atoms with Gasteiger partial charge in [-0.2, -0.15) is 9.40 Å². The first-order valence-corrected chi connectivity index (χ1v) is 10.6. The molecule has 7 nitrogen and oxygen atoms in total. The molecule has 0 bridgehead atoms. The number of sulfonamides is 1. The lowest BCUT2D eigenvalue weighted by molar-refractivity contribution is 0.0596. The standard InChI is InChI=1S/C18H21ClFN3O4S/c1-12-5-4-8-23(9-12)28(25,26)17-14(18(24)27-2)11-22(21-17)10-13-15(19)6-3-7-16(13)20/h3,6-7,11-12H,4-5,8-10H2,1-2H3/t12-/m1/s1. The minimum Gasteiger partial charge on any atom is -0.465 e. The fourth-order valence-electron chi connectivity index (χ4n) is 3.26. The van der Waals surface area contributed by atoms with E-state index in [4.69, 9.17) is 16.3 Å². The second kappa shape index (κ2) is 8.18. The third kappa shape index (κ3) is 4.06. The Hall–Kier alpha value is -1.97. The molecule has 0 amide bonds. The van der Waals surface area contributed by atoms with E-state index < -0.39 is 21.8 Å². The molecule has 1 aliphatic heterocycles. The van der Waals surface area contributed by atoms with Crippen molar-refractivity contribution in [3.63, 3.8) is 0 Å². The van der Waals surface area contributed by atoms with Crippen molar-refractivity contribution < 1.29 is 22.3 Å². The van der Waals surface area contributed by atoms with Crippen molar-refractivity contribution in [1.29, 1.82) is 0 Å².